The summed E-state index contributed by atoms with van der Waals surface area (Å²) < 4.78 is 0. The third-order valence-electron chi connectivity index (χ3n) is 2.77. The first-order valence-corrected chi connectivity index (χ1v) is 7.21. The highest BCUT2D eigenvalue weighted by molar-refractivity contribution is 7.99. The van der Waals surface area contributed by atoms with Gasteiger partial charge in [0.25, 0.3) is 0 Å². The number of thioether (sulfide) groups is 1. The van der Waals surface area contributed by atoms with Crippen molar-refractivity contribution in [3.8, 4) is 0 Å². The number of nitrogens with one attached hydrogen (secondary N) is 1. The summed E-state index contributed by atoms with van der Waals surface area (Å²) >= 11 is 1.66. The first-order valence-electron chi connectivity index (χ1n) is 5.93. The topological polar surface area (TPSA) is 87.7 Å². The van der Waals surface area contributed by atoms with E-state index in [0.717, 1.165) is 0 Å². The number of nitrogens with two attached hydrogens (primary N) is 1. The van der Waals surface area contributed by atoms with Crippen molar-refractivity contribution >= 4 is 23.5 Å². The lowest BCUT2D eigenvalue weighted by atomic mass is 9.97. The Labute approximate surface area is 117 Å². The summed E-state index contributed by atoms with van der Waals surface area (Å²) in [6.07, 6.45) is 1.98. The Balaban J connectivity index is 2.84. The van der Waals surface area contributed by atoms with Crippen LogP contribution in [-0.2, 0) is 4.79 Å². The van der Waals surface area contributed by atoms with Gasteiger partial charge in [0.05, 0.1) is 0 Å². The molecular weight excluding hydrogens is 262 g/mol. The predicted octanol–water partition coefficient (Wildman–Crippen LogP) is 1.38. The minimum absolute atomic E-state index is 0.111. The lowest BCUT2D eigenvalue weighted by Gasteiger charge is -2.17. The van der Waals surface area contributed by atoms with Crippen LogP contribution in [0.1, 0.15) is 18.4 Å². The molecule has 0 aliphatic heterocycles. The van der Waals surface area contributed by atoms with Gasteiger partial charge in [-0.1, -0.05) is 42.4 Å². The molecule has 0 bridgehead atoms. The number of carbonyl (C=O) groups is 1. The summed E-state index contributed by atoms with van der Waals surface area (Å²) in [7, 11) is 0. The van der Waals surface area contributed by atoms with Gasteiger partial charge in [-0.2, -0.15) is 11.8 Å². The summed E-state index contributed by atoms with van der Waals surface area (Å²) in [5.74, 6) is -1.14. The number of oxime groups is 1. The number of nitrogens with zero attached hydrogens (tertiary/aromatic N) is 1. The lowest BCUT2D eigenvalue weighted by Crippen LogP contribution is -2.39. The number of amides is 1. The Morgan fingerprint density at radius 3 is 2.63 bits per heavy atom. The van der Waals surface area contributed by atoms with E-state index in [-0.39, 0.29) is 11.7 Å². The van der Waals surface area contributed by atoms with E-state index in [1.54, 1.807) is 23.9 Å². The highest BCUT2D eigenvalue weighted by Crippen LogP contribution is 2.16. The van der Waals surface area contributed by atoms with Gasteiger partial charge in [0.2, 0.25) is 5.91 Å². The van der Waals surface area contributed by atoms with E-state index in [1.165, 1.54) is 0 Å². The highest BCUT2D eigenvalue weighted by Gasteiger charge is 2.25. The lowest BCUT2D eigenvalue weighted by molar-refractivity contribution is -0.121. The zero-order valence-electron chi connectivity index (χ0n) is 11.0. The van der Waals surface area contributed by atoms with E-state index in [0.29, 0.717) is 17.4 Å². The smallest absolute Gasteiger partial charge is 0.235 e. The van der Waals surface area contributed by atoms with Gasteiger partial charge in [-0.3, -0.25) is 4.79 Å². The van der Waals surface area contributed by atoms with Gasteiger partial charge < -0.3 is 16.3 Å². The van der Waals surface area contributed by atoms with Gasteiger partial charge >= 0.3 is 0 Å². The van der Waals surface area contributed by atoms with Crippen LogP contribution in [0.2, 0.25) is 0 Å². The number of carbonyl (C=O) groups excluding carboxylic acids is 1. The third-order valence-corrected chi connectivity index (χ3v) is 3.74. The van der Waals surface area contributed by atoms with Crippen molar-refractivity contribution in [1.82, 2.24) is 5.32 Å². The molecule has 0 spiro atoms. The number of benzene rings is 1. The number of rotatable bonds is 6. The predicted molar refractivity (Wildman–Crippen MR) is 78.6 cm³/mol. The Kier molecular flexibility index (Phi) is 6.21. The largest absolute Gasteiger partial charge is 0.409 e. The highest BCUT2D eigenvalue weighted by atomic mass is 32.2. The van der Waals surface area contributed by atoms with Crippen LogP contribution in [-0.4, -0.2) is 35.0 Å². The molecule has 0 fully saturated rings. The molecule has 6 heteroatoms. The molecule has 4 N–H and O–H groups in total. The second-order valence-corrected chi connectivity index (χ2v) is 5.44. The van der Waals surface area contributed by atoms with Crippen LogP contribution in [0.4, 0.5) is 0 Å². The second-order valence-electron chi connectivity index (χ2n) is 4.16. The number of hydrogen-bond acceptors (Lipinski definition) is 4. The average Bonchev–Trinajstić information content (AvgIpc) is 2.45. The van der Waals surface area contributed by atoms with Crippen LogP contribution >= 0.6 is 11.8 Å². The van der Waals surface area contributed by atoms with Crippen LogP contribution < -0.4 is 11.1 Å². The maximum absolute atomic E-state index is 12.2. The Morgan fingerprint density at radius 1 is 1.47 bits per heavy atom. The molecular formula is C13H19N3O2S. The molecule has 0 aromatic heterocycles. The summed E-state index contributed by atoms with van der Waals surface area (Å²) in [6, 6.07) is 9.02. The Hall–Kier alpha value is -1.69. The summed E-state index contributed by atoms with van der Waals surface area (Å²) in [5.41, 5.74) is 6.32. The molecule has 0 aliphatic carbocycles. The molecule has 0 saturated heterocycles. The van der Waals surface area contributed by atoms with Gasteiger partial charge in [-0.05, 0) is 11.8 Å². The number of hydrogen-bond donors (Lipinski definition) is 3. The normalized spacial score (nSPS) is 14.7. The van der Waals surface area contributed by atoms with E-state index in [2.05, 4.69) is 10.5 Å². The fourth-order valence-corrected chi connectivity index (χ4v) is 1.84. The SMILES string of the molecule is CSC(C)CNC(=O)C(/C(N)=N/O)c1ccccc1. The van der Waals surface area contributed by atoms with Gasteiger partial charge in [0.1, 0.15) is 5.92 Å². The number of amidine groups is 1. The van der Waals surface area contributed by atoms with E-state index in [4.69, 9.17) is 10.9 Å². The molecule has 1 aromatic carbocycles. The van der Waals surface area contributed by atoms with Crippen LogP contribution in [0.15, 0.2) is 35.5 Å². The minimum Gasteiger partial charge on any atom is -0.409 e. The van der Waals surface area contributed by atoms with Crippen molar-refractivity contribution in [2.45, 2.75) is 18.1 Å². The van der Waals surface area contributed by atoms with Crippen LogP contribution in [0.3, 0.4) is 0 Å². The molecule has 0 heterocycles. The molecule has 0 radical (unpaired) electrons. The fraction of sp³-hybridized carbons (Fsp3) is 0.385. The minimum atomic E-state index is -0.764. The van der Waals surface area contributed by atoms with Crippen LogP contribution in [0.25, 0.3) is 0 Å². The molecule has 1 aromatic rings. The fourth-order valence-electron chi connectivity index (χ4n) is 1.59. The molecule has 2 unspecified atom stereocenters. The average molecular weight is 281 g/mol. The van der Waals surface area contributed by atoms with Crippen molar-refractivity contribution in [2.75, 3.05) is 12.8 Å². The van der Waals surface area contributed by atoms with E-state index < -0.39 is 5.92 Å². The summed E-state index contributed by atoms with van der Waals surface area (Å²) in [5, 5.41) is 14.9. The van der Waals surface area contributed by atoms with Crippen molar-refractivity contribution in [1.29, 1.82) is 0 Å². The zero-order valence-corrected chi connectivity index (χ0v) is 11.9. The van der Waals surface area contributed by atoms with Crippen LogP contribution in [0.5, 0.6) is 0 Å². The van der Waals surface area contributed by atoms with Gasteiger partial charge in [0.15, 0.2) is 5.84 Å². The van der Waals surface area contributed by atoms with Crippen molar-refractivity contribution < 1.29 is 10.0 Å². The van der Waals surface area contributed by atoms with Crippen molar-refractivity contribution in [2.24, 2.45) is 10.9 Å². The molecule has 5 nitrogen and oxygen atoms in total. The molecule has 2 atom stereocenters. The third kappa shape index (κ3) is 4.48. The Bertz CT molecular complexity index is 437. The molecule has 104 valence electrons. The molecule has 19 heavy (non-hydrogen) atoms. The monoisotopic (exact) mass is 281 g/mol. The summed E-state index contributed by atoms with van der Waals surface area (Å²) in [6.45, 7) is 2.56. The zero-order chi connectivity index (χ0) is 14.3. The maximum atomic E-state index is 12.2. The molecule has 1 rings (SSSR count). The maximum Gasteiger partial charge on any atom is 0.235 e. The quantitative estimate of drug-likeness (QED) is 0.318. The van der Waals surface area contributed by atoms with E-state index in [1.807, 2.05) is 31.4 Å². The van der Waals surface area contributed by atoms with Gasteiger partial charge in [-0.15, -0.1) is 0 Å². The summed E-state index contributed by atoms with van der Waals surface area (Å²) in [4.78, 5) is 12.2. The van der Waals surface area contributed by atoms with E-state index in [9.17, 15) is 4.79 Å². The first-order chi connectivity index (χ1) is 9.10. The molecule has 1 amide bonds. The molecule has 0 aliphatic rings. The van der Waals surface area contributed by atoms with Crippen molar-refractivity contribution in [3.63, 3.8) is 0 Å². The Morgan fingerprint density at radius 2 is 2.11 bits per heavy atom. The standard InChI is InChI=1S/C13H19N3O2S/c1-9(19-2)8-15-13(17)11(12(14)16-18)10-6-4-3-5-7-10/h3-7,9,11,18H,8H2,1-2H3,(H2,14,16)(H,15,17). The van der Waals surface area contributed by atoms with E-state index >= 15 is 0 Å². The van der Waals surface area contributed by atoms with Crippen LogP contribution in [0, 0.1) is 0 Å². The van der Waals surface area contributed by atoms with Crippen molar-refractivity contribution in [3.05, 3.63) is 35.9 Å². The van der Waals surface area contributed by atoms with Gasteiger partial charge in [-0.25, -0.2) is 0 Å². The second kappa shape index (κ2) is 7.68. The molecule has 0 saturated carbocycles. The van der Waals surface area contributed by atoms with Gasteiger partial charge in [0, 0.05) is 11.8 Å². The first kappa shape index (κ1) is 15.4.